The minimum absolute atomic E-state index is 0.217. The summed E-state index contributed by atoms with van der Waals surface area (Å²) < 4.78 is 0. The maximum absolute atomic E-state index is 10.5. The van der Waals surface area contributed by atoms with Crippen LogP contribution in [0, 0.1) is 0 Å². The van der Waals surface area contributed by atoms with E-state index in [0.29, 0.717) is 10.6 Å². The molecule has 0 saturated heterocycles. The van der Waals surface area contributed by atoms with E-state index in [1.165, 1.54) is 12.1 Å². The highest BCUT2D eigenvalue weighted by atomic mass is 35.5. The number of hydrogen-bond acceptors (Lipinski definition) is 1. The number of benzene rings is 1. The highest BCUT2D eigenvalue weighted by Gasteiger charge is 2.03. The minimum Gasteiger partial charge on any atom is -0.478 e. The Balaban J connectivity index is 3.12. The van der Waals surface area contributed by atoms with Crippen LogP contribution in [0.25, 0.3) is 5.03 Å². The molecule has 0 bridgehead atoms. The van der Waals surface area contributed by atoms with Crippen molar-refractivity contribution in [1.29, 1.82) is 0 Å². The quantitative estimate of drug-likeness (QED) is 0.764. The molecule has 1 rings (SSSR count). The van der Waals surface area contributed by atoms with Gasteiger partial charge in [0.15, 0.2) is 0 Å². The second-order valence-corrected chi connectivity index (χ2v) is 2.75. The molecule has 0 spiro atoms. The lowest BCUT2D eigenvalue weighted by molar-refractivity contribution is 0.0697. The molecule has 1 aromatic carbocycles. The topological polar surface area (TPSA) is 37.3 Å². The number of aromatic carboxylic acids is 1. The van der Waals surface area contributed by atoms with Gasteiger partial charge in [-0.25, -0.2) is 4.79 Å². The third-order valence-corrected chi connectivity index (χ3v) is 1.64. The van der Waals surface area contributed by atoms with E-state index in [-0.39, 0.29) is 5.56 Å². The molecule has 0 unspecified atom stereocenters. The monoisotopic (exact) mass is 182 g/mol. The Hall–Kier alpha value is -1.28. The Morgan fingerprint density at radius 3 is 2.50 bits per heavy atom. The fourth-order valence-electron chi connectivity index (χ4n) is 0.821. The fraction of sp³-hybridized carbons (Fsp3) is 0. The van der Waals surface area contributed by atoms with Gasteiger partial charge in [0.25, 0.3) is 0 Å². The summed E-state index contributed by atoms with van der Waals surface area (Å²) in [6.07, 6.45) is 0. The van der Waals surface area contributed by atoms with Gasteiger partial charge < -0.3 is 5.11 Å². The standard InChI is InChI=1S/C9H7ClO2/c1-6(10)7-3-2-4-8(5-7)9(11)12/h2-5H,1H2,(H,11,12). The lowest BCUT2D eigenvalue weighted by atomic mass is 10.1. The maximum Gasteiger partial charge on any atom is 0.335 e. The third kappa shape index (κ3) is 1.86. The van der Waals surface area contributed by atoms with Crippen LogP contribution in [0.15, 0.2) is 30.8 Å². The summed E-state index contributed by atoms with van der Waals surface area (Å²) in [5.74, 6) is -0.963. The van der Waals surface area contributed by atoms with Crippen molar-refractivity contribution in [2.24, 2.45) is 0 Å². The van der Waals surface area contributed by atoms with Crippen LogP contribution in [0.1, 0.15) is 15.9 Å². The van der Waals surface area contributed by atoms with Crippen LogP contribution in [0.2, 0.25) is 0 Å². The van der Waals surface area contributed by atoms with Crippen molar-refractivity contribution in [2.75, 3.05) is 0 Å². The average molecular weight is 183 g/mol. The summed E-state index contributed by atoms with van der Waals surface area (Å²) >= 11 is 5.59. The molecule has 12 heavy (non-hydrogen) atoms. The minimum atomic E-state index is -0.963. The molecule has 0 aliphatic carbocycles. The molecule has 0 aliphatic rings. The van der Waals surface area contributed by atoms with Crippen LogP contribution < -0.4 is 0 Å². The Kier molecular flexibility index (Phi) is 2.51. The molecule has 62 valence electrons. The molecule has 2 nitrogen and oxygen atoms in total. The van der Waals surface area contributed by atoms with E-state index in [1.54, 1.807) is 12.1 Å². The second kappa shape index (κ2) is 3.41. The van der Waals surface area contributed by atoms with Gasteiger partial charge in [0.05, 0.1) is 5.56 Å². The third-order valence-electron chi connectivity index (χ3n) is 1.42. The van der Waals surface area contributed by atoms with Crippen LogP contribution in [0.3, 0.4) is 0 Å². The average Bonchev–Trinajstić information content (AvgIpc) is 2.04. The van der Waals surface area contributed by atoms with E-state index in [4.69, 9.17) is 16.7 Å². The summed E-state index contributed by atoms with van der Waals surface area (Å²) in [5, 5.41) is 8.96. The van der Waals surface area contributed by atoms with Gasteiger partial charge in [-0.1, -0.05) is 30.3 Å². The summed E-state index contributed by atoms with van der Waals surface area (Å²) in [5.41, 5.74) is 0.853. The van der Waals surface area contributed by atoms with E-state index in [2.05, 4.69) is 6.58 Å². The first kappa shape index (κ1) is 8.81. The van der Waals surface area contributed by atoms with Crippen molar-refractivity contribution in [3.8, 4) is 0 Å². The molecule has 3 heteroatoms. The van der Waals surface area contributed by atoms with Crippen molar-refractivity contribution in [1.82, 2.24) is 0 Å². The Labute approximate surface area is 75.1 Å². The maximum atomic E-state index is 10.5. The van der Waals surface area contributed by atoms with Crippen LogP contribution in [-0.4, -0.2) is 11.1 Å². The first-order valence-corrected chi connectivity index (χ1v) is 3.67. The summed E-state index contributed by atoms with van der Waals surface area (Å²) in [7, 11) is 0. The molecule has 0 heterocycles. The molecular formula is C9H7ClO2. The zero-order valence-corrected chi connectivity index (χ0v) is 7.01. The van der Waals surface area contributed by atoms with Crippen LogP contribution in [0.5, 0.6) is 0 Å². The molecule has 0 saturated carbocycles. The zero-order chi connectivity index (χ0) is 9.14. The lowest BCUT2D eigenvalue weighted by Gasteiger charge is -1.98. The van der Waals surface area contributed by atoms with Gasteiger partial charge in [-0.05, 0) is 17.7 Å². The number of hydrogen-bond donors (Lipinski definition) is 1. The number of carboxylic acids is 1. The van der Waals surface area contributed by atoms with E-state index in [9.17, 15) is 4.79 Å². The Morgan fingerprint density at radius 2 is 2.00 bits per heavy atom. The summed E-state index contributed by atoms with van der Waals surface area (Å²) in [6, 6.07) is 6.33. The highest BCUT2D eigenvalue weighted by molar-refractivity contribution is 6.48. The van der Waals surface area contributed by atoms with Gasteiger partial charge in [0, 0.05) is 5.03 Å². The number of rotatable bonds is 2. The Morgan fingerprint density at radius 1 is 1.42 bits per heavy atom. The summed E-state index contributed by atoms with van der Waals surface area (Å²) in [6.45, 7) is 3.50. The smallest absolute Gasteiger partial charge is 0.335 e. The van der Waals surface area contributed by atoms with E-state index < -0.39 is 5.97 Å². The molecule has 0 atom stereocenters. The summed E-state index contributed by atoms with van der Waals surface area (Å²) in [4.78, 5) is 10.5. The molecule has 0 aliphatic heterocycles. The van der Waals surface area contributed by atoms with Gasteiger partial charge in [-0.15, -0.1) is 0 Å². The van der Waals surface area contributed by atoms with Crippen molar-refractivity contribution in [2.45, 2.75) is 0 Å². The van der Waals surface area contributed by atoms with Gasteiger partial charge in [-0.2, -0.15) is 0 Å². The van der Waals surface area contributed by atoms with Gasteiger partial charge in [0.1, 0.15) is 0 Å². The van der Waals surface area contributed by atoms with Gasteiger partial charge in [-0.3, -0.25) is 0 Å². The van der Waals surface area contributed by atoms with Crippen LogP contribution in [-0.2, 0) is 0 Å². The molecule has 1 aromatic rings. The SMILES string of the molecule is C=C(Cl)c1cccc(C(=O)O)c1. The molecule has 1 N–H and O–H groups in total. The predicted molar refractivity (Wildman–Crippen MR) is 48.3 cm³/mol. The first-order chi connectivity index (χ1) is 5.61. The molecule has 0 fully saturated rings. The Bertz CT molecular complexity index is 302. The lowest BCUT2D eigenvalue weighted by Crippen LogP contribution is -1.95. The second-order valence-electron chi connectivity index (χ2n) is 2.29. The molecule has 0 radical (unpaired) electrons. The normalized spacial score (nSPS) is 9.42. The number of carbonyl (C=O) groups is 1. The highest BCUT2D eigenvalue weighted by Crippen LogP contribution is 2.17. The van der Waals surface area contributed by atoms with Crippen molar-refractivity contribution in [3.63, 3.8) is 0 Å². The number of carboxylic acid groups (broad SMARTS) is 1. The zero-order valence-electron chi connectivity index (χ0n) is 6.25. The van der Waals surface area contributed by atoms with Crippen LogP contribution in [0.4, 0.5) is 0 Å². The van der Waals surface area contributed by atoms with Crippen molar-refractivity contribution < 1.29 is 9.90 Å². The van der Waals surface area contributed by atoms with E-state index in [1.807, 2.05) is 0 Å². The van der Waals surface area contributed by atoms with Crippen molar-refractivity contribution >= 4 is 22.6 Å². The van der Waals surface area contributed by atoms with Crippen molar-refractivity contribution in [3.05, 3.63) is 42.0 Å². The van der Waals surface area contributed by atoms with Gasteiger partial charge >= 0.3 is 5.97 Å². The predicted octanol–water partition coefficient (Wildman–Crippen LogP) is 2.59. The molecule has 0 amide bonds. The van der Waals surface area contributed by atoms with E-state index in [0.717, 1.165) is 0 Å². The van der Waals surface area contributed by atoms with E-state index >= 15 is 0 Å². The molecule has 0 aromatic heterocycles. The first-order valence-electron chi connectivity index (χ1n) is 3.29. The van der Waals surface area contributed by atoms with Gasteiger partial charge in [0.2, 0.25) is 0 Å². The molecular weight excluding hydrogens is 176 g/mol. The fourth-order valence-corrected chi connectivity index (χ4v) is 0.939. The number of halogens is 1. The largest absolute Gasteiger partial charge is 0.478 e. The van der Waals surface area contributed by atoms with Crippen LogP contribution >= 0.6 is 11.6 Å².